The van der Waals surface area contributed by atoms with Gasteiger partial charge in [0.1, 0.15) is 12.3 Å². The van der Waals surface area contributed by atoms with Gasteiger partial charge < -0.3 is 19.8 Å². The molecule has 1 saturated carbocycles. The predicted octanol–water partition coefficient (Wildman–Crippen LogP) is 3.69. The van der Waals surface area contributed by atoms with Gasteiger partial charge in [-0.25, -0.2) is 4.99 Å². The summed E-state index contributed by atoms with van der Waals surface area (Å²) in [7, 11) is 0. The molecule has 0 bridgehead atoms. The molecule has 1 aliphatic rings. The molecular weight excluding hydrogens is 405 g/mol. The lowest BCUT2D eigenvalue weighted by Gasteiger charge is -2.16. The Labute approximate surface area is 156 Å². The van der Waals surface area contributed by atoms with Crippen LogP contribution < -0.4 is 10.6 Å². The SMILES string of the molecule is CCNC(=NCc1ccco1)NCCOC1CCCCCC1.I. The predicted molar refractivity (Wildman–Crippen MR) is 104 cm³/mol. The van der Waals surface area contributed by atoms with Crippen molar-refractivity contribution < 1.29 is 9.15 Å². The van der Waals surface area contributed by atoms with Crippen molar-refractivity contribution in [1.82, 2.24) is 10.6 Å². The zero-order valence-electron chi connectivity index (χ0n) is 14.1. The number of halogens is 1. The fourth-order valence-corrected chi connectivity index (χ4v) is 2.70. The lowest BCUT2D eigenvalue weighted by Crippen LogP contribution is -2.39. The molecule has 1 aromatic heterocycles. The van der Waals surface area contributed by atoms with E-state index in [-0.39, 0.29) is 24.0 Å². The molecule has 5 nitrogen and oxygen atoms in total. The van der Waals surface area contributed by atoms with Crippen molar-refractivity contribution in [3.8, 4) is 0 Å². The number of aliphatic imine (C=N–C) groups is 1. The summed E-state index contributed by atoms with van der Waals surface area (Å²) in [5, 5.41) is 6.55. The van der Waals surface area contributed by atoms with Gasteiger partial charge in [0.05, 0.1) is 19.0 Å². The van der Waals surface area contributed by atoms with E-state index in [1.54, 1.807) is 6.26 Å². The topological polar surface area (TPSA) is 58.8 Å². The maximum absolute atomic E-state index is 5.98. The van der Waals surface area contributed by atoms with Gasteiger partial charge in [0.25, 0.3) is 0 Å². The van der Waals surface area contributed by atoms with Crippen molar-refractivity contribution in [2.75, 3.05) is 19.7 Å². The Kier molecular flexibility index (Phi) is 11.1. The van der Waals surface area contributed by atoms with Crippen molar-refractivity contribution in [2.24, 2.45) is 4.99 Å². The van der Waals surface area contributed by atoms with Crippen molar-refractivity contribution >= 4 is 29.9 Å². The molecule has 2 N–H and O–H groups in total. The molecule has 1 aliphatic carbocycles. The first kappa shape index (κ1) is 20.3. The molecule has 1 heterocycles. The van der Waals surface area contributed by atoms with Crippen LogP contribution in [0.15, 0.2) is 27.8 Å². The first-order valence-electron chi connectivity index (χ1n) is 8.54. The number of furan rings is 1. The summed E-state index contributed by atoms with van der Waals surface area (Å²) < 4.78 is 11.3. The Balaban J connectivity index is 0.00000264. The van der Waals surface area contributed by atoms with Gasteiger partial charge in [0, 0.05) is 13.1 Å². The molecule has 2 rings (SSSR count). The quantitative estimate of drug-likeness (QED) is 0.226. The largest absolute Gasteiger partial charge is 0.467 e. The van der Waals surface area contributed by atoms with E-state index in [1.165, 1.54) is 38.5 Å². The second-order valence-electron chi connectivity index (χ2n) is 5.69. The van der Waals surface area contributed by atoms with E-state index in [9.17, 15) is 0 Å². The smallest absolute Gasteiger partial charge is 0.191 e. The van der Waals surface area contributed by atoms with E-state index < -0.39 is 0 Å². The Bertz CT molecular complexity index is 415. The highest BCUT2D eigenvalue weighted by Crippen LogP contribution is 2.19. The summed E-state index contributed by atoms with van der Waals surface area (Å²) in [6, 6.07) is 3.81. The van der Waals surface area contributed by atoms with Crippen molar-refractivity contribution in [2.45, 2.75) is 58.1 Å². The van der Waals surface area contributed by atoms with E-state index in [0.717, 1.165) is 31.4 Å². The minimum absolute atomic E-state index is 0. The normalized spacial score (nSPS) is 16.5. The Morgan fingerprint density at radius 3 is 2.70 bits per heavy atom. The molecule has 132 valence electrons. The molecule has 23 heavy (non-hydrogen) atoms. The third-order valence-corrected chi connectivity index (χ3v) is 3.87. The maximum Gasteiger partial charge on any atom is 0.191 e. The molecule has 0 amide bonds. The lowest BCUT2D eigenvalue weighted by atomic mass is 10.1. The molecule has 0 spiro atoms. The summed E-state index contributed by atoms with van der Waals surface area (Å²) in [6.45, 7) is 4.96. The minimum atomic E-state index is 0. The van der Waals surface area contributed by atoms with E-state index >= 15 is 0 Å². The molecule has 0 radical (unpaired) electrons. The zero-order chi connectivity index (χ0) is 15.5. The van der Waals surface area contributed by atoms with Gasteiger partial charge in [-0.3, -0.25) is 0 Å². The van der Waals surface area contributed by atoms with E-state index in [1.807, 2.05) is 12.1 Å². The molecule has 1 fully saturated rings. The Hall–Kier alpha value is -0.760. The van der Waals surface area contributed by atoms with Crippen LogP contribution in [-0.4, -0.2) is 31.8 Å². The van der Waals surface area contributed by atoms with Gasteiger partial charge in [0.15, 0.2) is 5.96 Å². The number of nitrogens with one attached hydrogen (secondary N) is 2. The van der Waals surface area contributed by atoms with Gasteiger partial charge in [-0.1, -0.05) is 25.7 Å². The van der Waals surface area contributed by atoms with E-state index in [2.05, 4.69) is 22.5 Å². The van der Waals surface area contributed by atoms with Gasteiger partial charge in [0.2, 0.25) is 0 Å². The number of nitrogens with zero attached hydrogens (tertiary/aromatic N) is 1. The van der Waals surface area contributed by atoms with Crippen LogP contribution in [0.25, 0.3) is 0 Å². The fraction of sp³-hybridized carbons (Fsp3) is 0.706. The van der Waals surface area contributed by atoms with Crippen LogP contribution in [0.2, 0.25) is 0 Å². The molecule has 6 heteroatoms. The van der Waals surface area contributed by atoms with Crippen LogP contribution in [0, 0.1) is 0 Å². The molecule has 0 unspecified atom stereocenters. The van der Waals surface area contributed by atoms with E-state index in [0.29, 0.717) is 12.6 Å². The van der Waals surface area contributed by atoms with Gasteiger partial charge in [-0.2, -0.15) is 0 Å². The second kappa shape index (κ2) is 12.6. The van der Waals surface area contributed by atoms with Crippen LogP contribution in [0.1, 0.15) is 51.2 Å². The second-order valence-corrected chi connectivity index (χ2v) is 5.69. The fourth-order valence-electron chi connectivity index (χ4n) is 2.70. The number of hydrogen-bond donors (Lipinski definition) is 2. The highest BCUT2D eigenvalue weighted by Gasteiger charge is 2.12. The lowest BCUT2D eigenvalue weighted by molar-refractivity contribution is 0.0468. The highest BCUT2D eigenvalue weighted by molar-refractivity contribution is 14.0. The third-order valence-electron chi connectivity index (χ3n) is 3.87. The van der Waals surface area contributed by atoms with Crippen LogP contribution in [0.3, 0.4) is 0 Å². The number of rotatable bonds is 7. The number of ether oxygens (including phenoxy) is 1. The van der Waals surface area contributed by atoms with Gasteiger partial charge in [-0.15, -0.1) is 24.0 Å². The summed E-state index contributed by atoms with van der Waals surface area (Å²) in [6.07, 6.45) is 9.90. The molecule has 0 aliphatic heterocycles. The van der Waals surface area contributed by atoms with Crippen LogP contribution in [0.5, 0.6) is 0 Å². The Morgan fingerprint density at radius 2 is 2.04 bits per heavy atom. The maximum atomic E-state index is 5.98. The zero-order valence-corrected chi connectivity index (χ0v) is 16.4. The van der Waals surface area contributed by atoms with Gasteiger partial charge in [-0.05, 0) is 31.9 Å². The van der Waals surface area contributed by atoms with Crippen LogP contribution >= 0.6 is 24.0 Å². The summed E-state index contributed by atoms with van der Waals surface area (Å²) in [4.78, 5) is 4.50. The number of guanidine groups is 1. The minimum Gasteiger partial charge on any atom is -0.467 e. The van der Waals surface area contributed by atoms with Crippen molar-refractivity contribution in [1.29, 1.82) is 0 Å². The average Bonchev–Trinajstić information content (AvgIpc) is 2.92. The van der Waals surface area contributed by atoms with Gasteiger partial charge >= 0.3 is 0 Å². The first-order chi connectivity index (χ1) is 10.9. The van der Waals surface area contributed by atoms with Crippen LogP contribution in [0.4, 0.5) is 0 Å². The first-order valence-corrected chi connectivity index (χ1v) is 8.54. The molecule has 1 aromatic rings. The summed E-state index contributed by atoms with van der Waals surface area (Å²) in [5.41, 5.74) is 0. The molecule has 0 saturated heterocycles. The third kappa shape index (κ3) is 8.60. The molecule has 0 atom stereocenters. The molecule has 0 aromatic carbocycles. The monoisotopic (exact) mass is 435 g/mol. The average molecular weight is 435 g/mol. The Morgan fingerprint density at radius 1 is 1.26 bits per heavy atom. The highest BCUT2D eigenvalue weighted by atomic mass is 127. The summed E-state index contributed by atoms with van der Waals surface area (Å²) >= 11 is 0. The van der Waals surface area contributed by atoms with Crippen molar-refractivity contribution in [3.05, 3.63) is 24.2 Å². The van der Waals surface area contributed by atoms with Crippen molar-refractivity contribution in [3.63, 3.8) is 0 Å². The van der Waals surface area contributed by atoms with E-state index in [4.69, 9.17) is 9.15 Å². The number of hydrogen-bond acceptors (Lipinski definition) is 3. The standard InChI is InChI=1S/C17H29N3O2.HI/c1-2-18-17(20-14-16-10-7-12-21-16)19-11-13-22-15-8-5-3-4-6-9-15;/h7,10,12,15H,2-6,8-9,11,13-14H2,1H3,(H2,18,19,20);1H. The molecular formula is C17H30IN3O2. The van der Waals surface area contributed by atoms with Crippen LogP contribution in [-0.2, 0) is 11.3 Å². The summed E-state index contributed by atoms with van der Waals surface area (Å²) in [5.74, 6) is 1.68.